The number of nitrogens with one attached hydrogen (secondary N) is 1. The molecule has 1 fully saturated rings. The Bertz CT molecular complexity index is 268. The lowest BCUT2D eigenvalue weighted by Crippen LogP contribution is -2.47. The number of rotatable bonds is 4. The predicted molar refractivity (Wildman–Crippen MR) is 59.7 cm³/mol. The average Bonchev–Trinajstić information content (AvgIpc) is 2.65. The summed E-state index contributed by atoms with van der Waals surface area (Å²) in [5, 5.41) is 11.6. The molecule has 1 unspecified atom stereocenters. The summed E-state index contributed by atoms with van der Waals surface area (Å²) in [4.78, 5) is 24.7. The third-order valence-electron chi connectivity index (χ3n) is 2.91. The van der Waals surface area contributed by atoms with E-state index < -0.39 is 0 Å². The van der Waals surface area contributed by atoms with E-state index in [9.17, 15) is 9.59 Å². The summed E-state index contributed by atoms with van der Waals surface area (Å²) in [6.07, 6.45) is 2.15. The molecule has 1 aliphatic rings. The summed E-state index contributed by atoms with van der Waals surface area (Å²) < 4.78 is 0. The first-order valence-electron chi connectivity index (χ1n) is 5.74. The molecule has 0 saturated carbocycles. The van der Waals surface area contributed by atoms with Crippen molar-refractivity contribution in [3.05, 3.63) is 0 Å². The van der Waals surface area contributed by atoms with Crippen LogP contribution in [0.3, 0.4) is 0 Å². The molecule has 1 rings (SSSR count). The Morgan fingerprint density at radius 1 is 1.56 bits per heavy atom. The Morgan fingerprint density at radius 3 is 2.81 bits per heavy atom. The Morgan fingerprint density at radius 2 is 2.25 bits per heavy atom. The number of carbonyl (C=O) groups is 2. The summed E-state index contributed by atoms with van der Waals surface area (Å²) in [5.74, 6) is -0.152. The van der Waals surface area contributed by atoms with Gasteiger partial charge >= 0.3 is 0 Å². The van der Waals surface area contributed by atoms with Gasteiger partial charge in [0.25, 0.3) is 0 Å². The van der Waals surface area contributed by atoms with Gasteiger partial charge in [-0.2, -0.15) is 0 Å². The highest BCUT2D eigenvalue weighted by molar-refractivity contribution is 5.87. The number of likely N-dealkylation sites (tertiary alicyclic amines) is 1. The fraction of sp³-hybridized carbons (Fsp3) is 0.818. The Kier molecular flexibility index (Phi) is 4.73. The smallest absolute Gasteiger partial charge is 0.243 e. The van der Waals surface area contributed by atoms with Crippen LogP contribution in [0.15, 0.2) is 0 Å². The number of aliphatic hydroxyl groups excluding tert-OH is 1. The van der Waals surface area contributed by atoms with Crippen LogP contribution in [-0.4, -0.2) is 47.1 Å². The Hall–Kier alpha value is -1.10. The maximum Gasteiger partial charge on any atom is 0.243 e. The van der Waals surface area contributed by atoms with Crippen molar-refractivity contribution in [3.63, 3.8) is 0 Å². The van der Waals surface area contributed by atoms with Crippen LogP contribution in [0.4, 0.5) is 0 Å². The molecule has 0 radical (unpaired) electrons. The van der Waals surface area contributed by atoms with E-state index >= 15 is 0 Å². The van der Waals surface area contributed by atoms with Gasteiger partial charge in [-0.25, -0.2) is 0 Å². The molecule has 0 aromatic heterocycles. The zero-order valence-corrected chi connectivity index (χ0v) is 9.90. The van der Waals surface area contributed by atoms with Crippen molar-refractivity contribution in [3.8, 4) is 0 Å². The molecule has 0 aromatic rings. The topological polar surface area (TPSA) is 69.6 Å². The van der Waals surface area contributed by atoms with Gasteiger partial charge in [0.2, 0.25) is 11.8 Å². The van der Waals surface area contributed by atoms with Crippen LogP contribution in [0.5, 0.6) is 0 Å². The molecule has 0 aromatic carbocycles. The largest absolute Gasteiger partial charge is 0.396 e. The number of amides is 2. The second-order valence-corrected chi connectivity index (χ2v) is 4.29. The minimum absolute atomic E-state index is 0.0486. The standard InChI is InChI=1S/C11H20N2O3/c1-8(5-7-14)12-11(16)10-4-3-6-13(10)9(2)15/h8,10,14H,3-7H2,1-2H3,(H,12,16)/t8?,10-/m0/s1. The van der Waals surface area contributed by atoms with Crippen molar-refractivity contribution < 1.29 is 14.7 Å². The van der Waals surface area contributed by atoms with Gasteiger partial charge in [0.15, 0.2) is 0 Å². The van der Waals surface area contributed by atoms with Crippen LogP contribution in [0.25, 0.3) is 0 Å². The molecule has 1 heterocycles. The van der Waals surface area contributed by atoms with Gasteiger partial charge in [0.1, 0.15) is 6.04 Å². The van der Waals surface area contributed by atoms with Crippen molar-refractivity contribution >= 4 is 11.8 Å². The highest BCUT2D eigenvalue weighted by Gasteiger charge is 2.32. The molecule has 5 heteroatoms. The molecule has 92 valence electrons. The number of carbonyl (C=O) groups excluding carboxylic acids is 2. The first-order valence-corrected chi connectivity index (χ1v) is 5.74. The minimum Gasteiger partial charge on any atom is -0.396 e. The maximum atomic E-state index is 11.9. The summed E-state index contributed by atoms with van der Waals surface area (Å²) in [5.41, 5.74) is 0. The number of hydrogen-bond acceptors (Lipinski definition) is 3. The van der Waals surface area contributed by atoms with Crippen molar-refractivity contribution in [2.24, 2.45) is 0 Å². The highest BCUT2D eigenvalue weighted by Crippen LogP contribution is 2.17. The molecule has 5 nitrogen and oxygen atoms in total. The third-order valence-corrected chi connectivity index (χ3v) is 2.91. The van der Waals surface area contributed by atoms with Gasteiger partial charge in [0, 0.05) is 26.1 Å². The fourth-order valence-corrected chi connectivity index (χ4v) is 2.02. The molecule has 0 spiro atoms. The SMILES string of the molecule is CC(=O)N1CCC[C@H]1C(=O)NC(C)CCO. The number of nitrogens with zero attached hydrogens (tertiary/aromatic N) is 1. The maximum absolute atomic E-state index is 11.9. The van der Waals surface area contributed by atoms with Crippen LogP contribution in [0.1, 0.15) is 33.1 Å². The van der Waals surface area contributed by atoms with E-state index in [1.165, 1.54) is 6.92 Å². The molecule has 16 heavy (non-hydrogen) atoms. The van der Waals surface area contributed by atoms with Gasteiger partial charge < -0.3 is 15.3 Å². The molecule has 2 N–H and O–H groups in total. The summed E-state index contributed by atoms with van der Waals surface area (Å²) in [6.45, 7) is 4.06. The number of hydrogen-bond donors (Lipinski definition) is 2. The highest BCUT2D eigenvalue weighted by atomic mass is 16.3. The monoisotopic (exact) mass is 228 g/mol. The average molecular weight is 228 g/mol. The van der Waals surface area contributed by atoms with Crippen LogP contribution >= 0.6 is 0 Å². The second-order valence-electron chi connectivity index (χ2n) is 4.29. The molecular formula is C11H20N2O3. The molecule has 0 bridgehead atoms. The summed E-state index contributed by atoms with van der Waals surface area (Å²) in [6, 6.07) is -0.370. The normalized spacial score (nSPS) is 21.9. The van der Waals surface area contributed by atoms with E-state index in [0.717, 1.165) is 12.8 Å². The van der Waals surface area contributed by atoms with Crippen molar-refractivity contribution in [1.82, 2.24) is 10.2 Å². The van der Waals surface area contributed by atoms with Crippen LogP contribution in [0.2, 0.25) is 0 Å². The van der Waals surface area contributed by atoms with Gasteiger partial charge in [-0.3, -0.25) is 9.59 Å². The first kappa shape index (κ1) is 13.0. The van der Waals surface area contributed by atoms with E-state index in [1.807, 2.05) is 6.92 Å². The quantitative estimate of drug-likeness (QED) is 0.705. The zero-order valence-electron chi connectivity index (χ0n) is 9.90. The number of aliphatic hydroxyl groups is 1. The van der Waals surface area contributed by atoms with E-state index in [4.69, 9.17) is 5.11 Å². The molecular weight excluding hydrogens is 208 g/mol. The van der Waals surface area contributed by atoms with E-state index in [-0.39, 0.29) is 30.5 Å². The summed E-state index contributed by atoms with van der Waals surface area (Å²) >= 11 is 0. The minimum atomic E-state index is -0.321. The van der Waals surface area contributed by atoms with Gasteiger partial charge in [-0.1, -0.05) is 0 Å². The summed E-state index contributed by atoms with van der Waals surface area (Å²) in [7, 11) is 0. The van der Waals surface area contributed by atoms with Gasteiger partial charge in [-0.05, 0) is 26.2 Å². The first-order chi connectivity index (χ1) is 7.56. The van der Waals surface area contributed by atoms with Crippen LogP contribution < -0.4 is 5.32 Å². The molecule has 0 aliphatic carbocycles. The zero-order chi connectivity index (χ0) is 12.1. The van der Waals surface area contributed by atoms with Crippen molar-refractivity contribution in [2.75, 3.05) is 13.2 Å². The fourth-order valence-electron chi connectivity index (χ4n) is 2.02. The van der Waals surface area contributed by atoms with Crippen LogP contribution in [-0.2, 0) is 9.59 Å². The molecule has 2 amide bonds. The lowest BCUT2D eigenvalue weighted by Gasteiger charge is -2.24. The Balaban J connectivity index is 2.49. The van der Waals surface area contributed by atoms with Crippen LogP contribution in [0, 0.1) is 0 Å². The van der Waals surface area contributed by atoms with Crippen molar-refractivity contribution in [2.45, 2.75) is 45.2 Å². The van der Waals surface area contributed by atoms with E-state index in [0.29, 0.717) is 13.0 Å². The van der Waals surface area contributed by atoms with Gasteiger partial charge in [0.05, 0.1) is 0 Å². The lowest BCUT2D eigenvalue weighted by atomic mass is 10.1. The molecule has 1 saturated heterocycles. The van der Waals surface area contributed by atoms with Gasteiger partial charge in [-0.15, -0.1) is 0 Å². The van der Waals surface area contributed by atoms with E-state index in [2.05, 4.69) is 5.32 Å². The Labute approximate surface area is 95.8 Å². The van der Waals surface area contributed by atoms with E-state index in [1.54, 1.807) is 4.90 Å². The van der Waals surface area contributed by atoms with Crippen molar-refractivity contribution in [1.29, 1.82) is 0 Å². The predicted octanol–water partition coefficient (Wildman–Crippen LogP) is -0.116. The molecule has 2 atom stereocenters. The molecule has 1 aliphatic heterocycles. The lowest BCUT2D eigenvalue weighted by molar-refractivity contribution is -0.137. The second kappa shape index (κ2) is 5.84. The third kappa shape index (κ3) is 3.20.